The SMILES string of the molecule is CC(C)P(Cc1cccc(CP(C(C)C)C(C)C)n1)C(C)C.[C-]#[O+].[FeH][Br]. The number of halogens is 1. The van der Waals surface area contributed by atoms with Crippen molar-refractivity contribution in [3.8, 4) is 0 Å². The molecule has 0 aliphatic heterocycles. The van der Waals surface area contributed by atoms with E-state index in [0.717, 1.165) is 22.6 Å². The van der Waals surface area contributed by atoms with Gasteiger partial charge in [0.15, 0.2) is 0 Å². The van der Waals surface area contributed by atoms with Gasteiger partial charge >= 0.3 is 39.6 Å². The van der Waals surface area contributed by atoms with Crippen molar-refractivity contribution in [2.45, 2.75) is 90.3 Å². The van der Waals surface area contributed by atoms with E-state index in [4.69, 9.17) is 9.64 Å². The third kappa shape index (κ3) is 11.6. The molecule has 0 radical (unpaired) electrons. The fraction of sp³-hybridized carbons (Fsp3) is 0.700. The second-order valence-electron chi connectivity index (χ2n) is 7.34. The fourth-order valence-electron chi connectivity index (χ4n) is 3.00. The summed E-state index contributed by atoms with van der Waals surface area (Å²) in [5, 5.41) is 0. The van der Waals surface area contributed by atoms with Crippen molar-refractivity contribution >= 4 is 30.0 Å². The average Bonchev–Trinajstić information content (AvgIpc) is 2.60. The van der Waals surface area contributed by atoms with Crippen LogP contribution in [0.4, 0.5) is 0 Å². The van der Waals surface area contributed by atoms with Crippen LogP contribution in [0.3, 0.4) is 0 Å². The van der Waals surface area contributed by atoms with E-state index < -0.39 is 0 Å². The molecular weight excluding hydrogens is 468 g/mol. The van der Waals surface area contributed by atoms with Gasteiger partial charge in [0, 0.05) is 23.7 Å². The molecule has 152 valence electrons. The summed E-state index contributed by atoms with van der Waals surface area (Å²) in [6.45, 7) is 23.4. The summed E-state index contributed by atoms with van der Waals surface area (Å²) in [6.07, 6.45) is 2.36. The normalized spacial score (nSPS) is 11.0. The third-order valence-electron chi connectivity index (χ3n) is 4.21. The van der Waals surface area contributed by atoms with E-state index in [1.165, 1.54) is 23.7 Å². The number of hydrogen-bond donors (Lipinski definition) is 0. The first-order valence-corrected chi connectivity index (χ1v) is 15.3. The molecule has 0 aliphatic carbocycles. The van der Waals surface area contributed by atoms with Gasteiger partial charge in [-0.3, -0.25) is 4.98 Å². The minimum atomic E-state index is 0.0302. The van der Waals surface area contributed by atoms with Crippen LogP contribution in [-0.4, -0.2) is 27.6 Å². The second-order valence-corrected chi connectivity index (χ2v) is 14.2. The first-order valence-electron chi connectivity index (χ1n) is 9.03. The average molecular weight is 504 g/mol. The molecule has 0 atom stereocenters. The molecule has 0 fully saturated rings. The molecule has 1 aromatic rings. The van der Waals surface area contributed by atoms with Gasteiger partial charge < -0.3 is 0 Å². The maximum atomic E-state index is 7.50. The predicted molar refractivity (Wildman–Crippen MR) is 120 cm³/mol. The van der Waals surface area contributed by atoms with E-state index in [2.05, 4.69) is 109 Å². The van der Waals surface area contributed by atoms with Crippen LogP contribution in [0.2, 0.25) is 0 Å². The molecule has 6 heteroatoms. The molecule has 26 heavy (non-hydrogen) atoms. The first kappa shape index (κ1) is 29.0. The number of nitrogens with zero attached hydrogens (tertiary/aromatic N) is 1. The van der Waals surface area contributed by atoms with Gasteiger partial charge in [0.25, 0.3) is 0 Å². The van der Waals surface area contributed by atoms with Crippen LogP contribution in [0.1, 0.15) is 66.8 Å². The Balaban J connectivity index is 0. The van der Waals surface area contributed by atoms with E-state index in [9.17, 15) is 0 Å². The summed E-state index contributed by atoms with van der Waals surface area (Å²) in [5.74, 6) is 0. The molecule has 0 aromatic carbocycles. The molecule has 0 saturated carbocycles. The van der Waals surface area contributed by atoms with Crippen molar-refractivity contribution in [3.05, 3.63) is 36.2 Å². The summed E-state index contributed by atoms with van der Waals surface area (Å²) in [5.41, 5.74) is 5.75. The standard InChI is InChI=1S/C19H35NP2.CO.BrH.Fe.H/c1-14(2)21(15(3)4)12-18-10-9-11-19(20-18)13-22(16(5)6)17(7)8;1-2;;;/h9-11,14-17H,12-13H2,1-8H3;;1H;;/q;;;+1;/p-1. The van der Waals surface area contributed by atoms with Crippen LogP contribution >= 0.6 is 30.0 Å². The van der Waals surface area contributed by atoms with Gasteiger partial charge in [0.2, 0.25) is 0 Å². The summed E-state index contributed by atoms with van der Waals surface area (Å²) < 4.78 is 7.50. The Hall–Kier alpha value is 0.749. The summed E-state index contributed by atoms with van der Waals surface area (Å²) in [7, 11) is 0.0605. The Morgan fingerprint density at radius 1 is 0.808 bits per heavy atom. The number of rotatable bonds is 8. The van der Waals surface area contributed by atoms with Crippen LogP contribution in [0.25, 0.3) is 0 Å². The van der Waals surface area contributed by atoms with Crippen LogP contribution in [0.15, 0.2) is 18.2 Å². The van der Waals surface area contributed by atoms with Gasteiger partial charge in [-0.2, -0.15) is 0 Å². The van der Waals surface area contributed by atoms with Gasteiger partial charge in [-0.15, -0.1) is 0 Å². The van der Waals surface area contributed by atoms with E-state index >= 15 is 0 Å². The Morgan fingerprint density at radius 3 is 1.31 bits per heavy atom. The van der Waals surface area contributed by atoms with Gasteiger partial charge in [-0.05, 0) is 34.8 Å². The van der Waals surface area contributed by atoms with Crippen LogP contribution < -0.4 is 0 Å². The molecule has 0 aliphatic rings. The zero-order chi connectivity index (χ0) is 20.9. The van der Waals surface area contributed by atoms with Crippen molar-refractivity contribution in [1.82, 2.24) is 4.98 Å². The zero-order valence-corrected chi connectivity index (χ0v) is 22.0. The molecule has 0 amide bonds. The van der Waals surface area contributed by atoms with Crippen LogP contribution in [-0.2, 0) is 31.2 Å². The quantitative estimate of drug-likeness (QED) is 0.159. The molecular formula is C20H36BrFeNOP2. The van der Waals surface area contributed by atoms with Gasteiger partial charge in [-0.25, -0.2) is 0 Å². The molecule has 2 nitrogen and oxygen atoms in total. The Kier molecular flexibility index (Phi) is 18.6. The summed E-state index contributed by atoms with van der Waals surface area (Å²) in [4.78, 5) is 5.01. The molecule has 0 spiro atoms. The molecule has 0 bridgehead atoms. The van der Waals surface area contributed by atoms with E-state index in [0.29, 0.717) is 0 Å². The molecule has 0 unspecified atom stereocenters. The van der Waals surface area contributed by atoms with E-state index in [1.807, 2.05) is 0 Å². The number of aromatic nitrogens is 1. The van der Waals surface area contributed by atoms with Gasteiger partial charge in [0.05, 0.1) is 0 Å². The topological polar surface area (TPSA) is 32.8 Å². The van der Waals surface area contributed by atoms with Crippen molar-refractivity contribution in [3.63, 3.8) is 0 Å². The predicted octanol–water partition coefficient (Wildman–Crippen LogP) is 7.22. The van der Waals surface area contributed by atoms with Gasteiger partial charge in [-0.1, -0.05) is 77.3 Å². The Bertz CT molecular complexity index is 442. The van der Waals surface area contributed by atoms with Crippen molar-refractivity contribution in [2.24, 2.45) is 0 Å². The van der Waals surface area contributed by atoms with Crippen LogP contribution in [0, 0.1) is 6.65 Å². The molecule has 0 saturated heterocycles. The van der Waals surface area contributed by atoms with Crippen molar-refractivity contribution < 1.29 is 18.9 Å². The maximum absolute atomic E-state index is 7.50. The first-order chi connectivity index (χ1) is 12.2. The summed E-state index contributed by atoms with van der Waals surface area (Å²) in [6, 6.07) is 6.69. The second kappa shape index (κ2) is 16.7. The van der Waals surface area contributed by atoms with E-state index in [-0.39, 0.29) is 15.8 Å². The Labute approximate surface area is 179 Å². The molecule has 1 rings (SSSR count). The molecule has 1 aromatic heterocycles. The minimum absolute atomic E-state index is 0.0302. The van der Waals surface area contributed by atoms with Gasteiger partial charge in [0.1, 0.15) is 0 Å². The van der Waals surface area contributed by atoms with Crippen molar-refractivity contribution in [1.29, 1.82) is 0 Å². The van der Waals surface area contributed by atoms with E-state index in [1.54, 1.807) is 0 Å². The Morgan fingerprint density at radius 2 is 1.08 bits per heavy atom. The zero-order valence-electron chi connectivity index (χ0n) is 17.5. The van der Waals surface area contributed by atoms with Crippen molar-refractivity contribution in [2.75, 3.05) is 0 Å². The molecule has 0 N–H and O–H groups in total. The number of pyridine rings is 1. The monoisotopic (exact) mass is 503 g/mol. The summed E-state index contributed by atoms with van der Waals surface area (Å²) >= 11 is 5.50. The third-order valence-corrected chi connectivity index (χ3v) is 10.9. The van der Waals surface area contributed by atoms with Crippen LogP contribution in [0.5, 0.6) is 0 Å². The molecule has 1 heterocycles. The number of hydrogen-bond acceptors (Lipinski definition) is 1. The fourth-order valence-corrected chi connectivity index (χ4v) is 7.95.